The number of hydrogen-bond acceptors (Lipinski definition) is 1. The van der Waals surface area contributed by atoms with Crippen molar-refractivity contribution in [2.45, 2.75) is 38.8 Å². The molecule has 1 aromatic rings. The summed E-state index contributed by atoms with van der Waals surface area (Å²) in [4.78, 5) is 11.9. The van der Waals surface area contributed by atoms with Crippen molar-refractivity contribution < 1.29 is 18.0 Å². The van der Waals surface area contributed by atoms with Gasteiger partial charge in [0.2, 0.25) is 0 Å². The van der Waals surface area contributed by atoms with E-state index in [1.807, 2.05) is 0 Å². The van der Waals surface area contributed by atoms with Gasteiger partial charge in [0.05, 0.1) is 5.56 Å². The smallest absolute Gasteiger partial charge is 0.352 e. The summed E-state index contributed by atoms with van der Waals surface area (Å²) in [6.07, 6.45) is -2.27. The predicted molar refractivity (Wildman–Crippen MR) is 70.6 cm³/mol. The molecule has 1 aliphatic carbocycles. The molecule has 1 amide bonds. The highest BCUT2D eigenvalue weighted by molar-refractivity contribution is 5.94. The number of rotatable bonds is 4. The summed E-state index contributed by atoms with van der Waals surface area (Å²) in [6, 6.07) is 3.82. The molecule has 5 heteroatoms. The number of carbonyl (C=O) groups excluding carboxylic acids is 1. The Bertz CT molecular complexity index is 504. The van der Waals surface area contributed by atoms with Crippen molar-refractivity contribution in [1.82, 2.24) is 5.32 Å². The molecular weight excluding hydrogens is 267 g/mol. The molecule has 0 saturated heterocycles. The fourth-order valence-corrected chi connectivity index (χ4v) is 2.11. The van der Waals surface area contributed by atoms with Crippen LogP contribution in [0.15, 0.2) is 18.2 Å². The fraction of sp³-hybridized carbons (Fsp3) is 0.533. The maximum atomic E-state index is 13.0. The lowest BCUT2D eigenvalue weighted by atomic mass is 9.94. The molecule has 110 valence electrons. The summed E-state index contributed by atoms with van der Waals surface area (Å²) in [5.74, 6) is -0.177. The molecule has 2 rings (SSSR count). The Morgan fingerprint density at radius 2 is 2.00 bits per heavy atom. The normalized spacial score (nSPS) is 15.5. The average Bonchev–Trinajstić information content (AvgIpc) is 3.18. The summed E-state index contributed by atoms with van der Waals surface area (Å²) < 4.78 is 39.1. The van der Waals surface area contributed by atoms with Gasteiger partial charge >= 0.3 is 6.18 Å². The number of benzene rings is 1. The maximum absolute atomic E-state index is 13.0. The molecule has 0 aromatic heterocycles. The Kier molecular flexibility index (Phi) is 4.06. The van der Waals surface area contributed by atoms with E-state index in [1.54, 1.807) is 13.8 Å². The van der Waals surface area contributed by atoms with Crippen molar-refractivity contribution in [2.75, 3.05) is 6.54 Å². The molecule has 1 N–H and O–H groups in total. The van der Waals surface area contributed by atoms with Gasteiger partial charge in [-0.1, -0.05) is 19.9 Å². The third kappa shape index (κ3) is 3.52. The molecule has 20 heavy (non-hydrogen) atoms. The highest BCUT2D eigenvalue weighted by Gasteiger charge is 2.34. The van der Waals surface area contributed by atoms with Gasteiger partial charge in [-0.25, -0.2) is 0 Å². The molecule has 0 spiro atoms. The first-order valence-electron chi connectivity index (χ1n) is 6.78. The number of nitrogens with one attached hydrogen (secondary N) is 1. The number of amides is 1. The lowest BCUT2D eigenvalue weighted by Gasteiger charge is -2.16. The minimum absolute atomic E-state index is 0.0716. The predicted octanol–water partition coefficient (Wildman–Crippen LogP) is 3.97. The van der Waals surface area contributed by atoms with Crippen LogP contribution in [0.3, 0.4) is 0 Å². The minimum atomic E-state index is -4.44. The summed E-state index contributed by atoms with van der Waals surface area (Å²) in [5.41, 5.74) is -0.426. The molecule has 1 fully saturated rings. The molecule has 0 aliphatic heterocycles. The van der Waals surface area contributed by atoms with Gasteiger partial charge in [-0.05, 0) is 42.4 Å². The standard InChI is InChI=1S/C15H18F3NO/c1-9(2)12-6-5-11(7-13(12)15(16,17)18)14(20)19-8-10-3-4-10/h5-7,9-10H,3-4,8H2,1-2H3,(H,19,20). The topological polar surface area (TPSA) is 29.1 Å². The Balaban J connectivity index is 2.23. The van der Waals surface area contributed by atoms with Gasteiger partial charge in [0.1, 0.15) is 0 Å². The SMILES string of the molecule is CC(C)c1ccc(C(=O)NCC2CC2)cc1C(F)(F)F. The summed E-state index contributed by atoms with van der Waals surface area (Å²) >= 11 is 0. The van der Waals surface area contributed by atoms with E-state index in [9.17, 15) is 18.0 Å². The van der Waals surface area contributed by atoms with E-state index in [-0.39, 0.29) is 17.0 Å². The Morgan fingerprint density at radius 3 is 2.50 bits per heavy atom. The van der Waals surface area contributed by atoms with Crippen molar-refractivity contribution in [2.24, 2.45) is 5.92 Å². The van der Waals surface area contributed by atoms with E-state index in [0.717, 1.165) is 18.9 Å². The van der Waals surface area contributed by atoms with Gasteiger partial charge in [-0.3, -0.25) is 4.79 Å². The van der Waals surface area contributed by atoms with Crippen molar-refractivity contribution >= 4 is 5.91 Å². The molecule has 2 nitrogen and oxygen atoms in total. The van der Waals surface area contributed by atoms with E-state index in [4.69, 9.17) is 0 Å². The Labute approximate surface area is 116 Å². The van der Waals surface area contributed by atoms with Crippen LogP contribution in [0.2, 0.25) is 0 Å². The second-order valence-electron chi connectivity index (χ2n) is 5.61. The number of carbonyl (C=O) groups is 1. The van der Waals surface area contributed by atoms with Crippen LogP contribution in [0, 0.1) is 5.92 Å². The quantitative estimate of drug-likeness (QED) is 0.891. The Morgan fingerprint density at radius 1 is 1.35 bits per heavy atom. The Hall–Kier alpha value is -1.52. The van der Waals surface area contributed by atoms with Gasteiger partial charge < -0.3 is 5.32 Å². The highest BCUT2D eigenvalue weighted by atomic mass is 19.4. The molecule has 1 aromatic carbocycles. The molecule has 1 aliphatic rings. The van der Waals surface area contributed by atoms with Crippen molar-refractivity contribution in [3.05, 3.63) is 34.9 Å². The highest BCUT2D eigenvalue weighted by Crippen LogP contribution is 2.35. The van der Waals surface area contributed by atoms with E-state index in [2.05, 4.69) is 5.32 Å². The number of halogens is 3. The van der Waals surface area contributed by atoms with Crippen LogP contribution in [0.4, 0.5) is 13.2 Å². The lowest BCUT2D eigenvalue weighted by Crippen LogP contribution is -2.26. The van der Waals surface area contributed by atoms with Crippen LogP contribution >= 0.6 is 0 Å². The fourth-order valence-electron chi connectivity index (χ4n) is 2.11. The monoisotopic (exact) mass is 285 g/mol. The van der Waals surface area contributed by atoms with Crippen LogP contribution < -0.4 is 5.32 Å². The molecule has 0 radical (unpaired) electrons. The van der Waals surface area contributed by atoms with Crippen molar-refractivity contribution in [3.8, 4) is 0 Å². The zero-order valence-corrected chi connectivity index (χ0v) is 11.6. The van der Waals surface area contributed by atoms with Crippen LogP contribution in [0.5, 0.6) is 0 Å². The largest absolute Gasteiger partial charge is 0.416 e. The second kappa shape index (κ2) is 5.46. The van der Waals surface area contributed by atoms with Crippen LogP contribution in [0.1, 0.15) is 54.1 Å². The first-order chi connectivity index (χ1) is 9.29. The zero-order valence-electron chi connectivity index (χ0n) is 11.6. The van der Waals surface area contributed by atoms with Gasteiger partial charge in [-0.15, -0.1) is 0 Å². The van der Waals surface area contributed by atoms with E-state index in [0.29, 0.717) is 12.5 Å². The van der Waals surface area contributed by atoms with Crippen LogP contribution in [-0.4, -0.2) is 12.5 Å². The van der Waals surface area contributed by atoms with Crippen molar-refractivity contribution in [1.29, 1.82) is 0 Å². The molecule has 0 atom stereocenters. The zero-order chi connectivity index (χ0) is 14.9. The number of hydrogen-bond donors (Lipinski definition) is 1. The average molecular weight is 285 g/mol. The van der Waals surface area contributed by atoms with Gasteiger partial charge in [-0.2, -0.15) is 13.2 Å². The lowest BCUT2D eigenvalue weighted by molar-refractivity contribution is -0.138. The van der Waals surface area contributed by atoms with E-state index in [1.165, 1.54) is 12.1 Å². The van der Waals surface area contributed by atoms with E-state index < -0.39 is 17.6 Å². The third-order valence-corrected chi connectivity index (χ3v) is 3.49. The van der Waals surface area contributed by atoms with Gasteiger partial charge in [0, 0.05) is 12.1 Å². The molecule has 0 bridgehead atoms. The van der Waals surface area contributed by atoms with Crippen LogP contribution in [-0.2, 0) is 6.18 Å². The molecule has 0 unspecified atom stereocenters. The van der Waals surface area contributed by atoms with Crippen molar-refractivity contribution in [3.63, 3.8) is 0 Å². The minimum Gasteiger partial charge on any atom is -0.352 e. The summed E-state index contributed by atoms with van der Waals surface area (Å²) in [7, 11) is 0. The maximum Gasteiger partial charge on any atom is 0.416 e. The second-order valence-corrected chi connectivity index (χ2v) is 5.61. The molecular formula is C15H18F3NO. The summed E-state index contributed by atoms with van der Waals surface area (Å²) in [5, 5.41) is 2.68. The molecule has 0 heterocycles. The first-order valence-corrected chi connectivity index (χ1v) is 6.78. The van der Waals surface area contributed by atoms with Gasteiger partial charge in [0.25, 0.3) is 5.91 Å². The third-order valence-electron chi connectivity index (χ3n) is 3.49. The molecule has 1 saturated carbocycles. The van der Waals surface area contributed by atoms with E-state index >= 15 is 0 Å². The number of alkyl halides is 3. The first kappa shape index (κ1) is 14.9. The summed E-state index contributed by atoms with van der Waals surface area (Å²) in [6.45, 7) is 3.96. The van der Waals surface area contributed by atoms with Crippen LogP contribution in [0.25, 0.3) is 0 Å². The van der Waals surface area contributed by atoms with Gasteiger partial charge in [0.15, 0.2) is 0 Å².